The fourth-order valence-corrected chi connectivity index (χ4v) is 9.00. The van der Waals surface area contributed by atoms with Crippen molar-refractivity contribution in [3.8, 4) is 0 Å². The van der Waals surface area contributed by atoms with E-state index in [2.05, 4.69) is 25.8 Å². The molecule has 3 aliphatic rings. The average Bonchev–Trinajstić information content (AvgIpc) is 3.84. The van der Waals surface area contributed by atoms with Gasteiger partial charge >= 0.3 is 12.2 Å². The maximum atomic E-state index is 13.4. The molecule has 0 bridgehead atoms. The molecule has 2 aliphatic heterocycles. The molecule has 4 aromatic rings. The van der Waals surface area contributed by atoms with Crippen molar-refractivity contribution in [3.63, 3.8) is 0 Å². The van der Waals surface area contributed by atoms with Gasteiger partial charge in [0.1, 0.15) is 22.7 Å². The van der Waals surface area contributed by atoms with Crippen molar-refractivity contribution in [1.82, 2.24) is 44.6 Å². The van der Waals surface area contributed by atoms with Crippen molar-refractivity contribution in [2.75, 3.05) is 56.4 Å². The van der Waals surface area contributed by atoms with Crippen LogP contribution in [0.5, 0.6) is 0 Å². The summed E-state index contributed by atoms with van der Waals surface area (Å²) in [5.41, 5.74) is 1.01. The molecule has 7 rings (SSSR count). The number of carbonyl (C=O) groups excluding carboxylic acids is 4. The first-order chi connectivity index (χ1) is 32.0. The van der Waals surface area contributed by atoms with E-state index in [0.29, 0.717) is 74.9 Å². The van der Waals surface area contributed by atoms with Crippen LogP contribution in [0.25, 0.3) is 10.9 Å². The number of para-hydroxylation sites is 1. The highest BCUT2D eigenvalue weighted by Crippen LogP contribution is 2.28. The van der Waals surface area contributed by atoms with Crippen LogP contribution in [0.4, 0.5) is 21.4 Å². The second kappa shape index (κ2) is 21.8. The van der Waals surface area contributed by atoms with Gasteiger partial charge in [-0.25, -0.2) is 14.6 Å². The van der Waals surface area contributed by atoms with Crippen molar-refractivity contribution in [2.45, 2.75) is 142 Å². The van der Waals surface area contributed by atoms with Gasteiger partial charge in [-0.2, -0.15) is 4.98 Å². The molecule has 1 saturated carbocycles. The fraction of sp³-hybridized carbons (Fsp3) is 0.592. The zero-order chi connectivity index (χ0) is 47.7. The van der Waals surface area contributed by atoms with Gasteiger partial charge in [-0.1, -0.05) is 48.7 Å². The quantitative estimate of drug-likeness (QED) is 0.0866. The molecule has 3 N–H and O–H groups in total. The molecule has 4 amide bonds. The molecule has 1 saturated heterocycles. The maximum Gasteiger partial charge on any atom is 0.410 e. The Morgan fingerprint density at radius 3 is 2.13 bits per heavy atom. The summed E-state index contributed by atoms with van der Waals surface area (Å²) in [6, 6.07) is 14.9. The zero-order valence-corrected chi connectivity index (χ0v) is 40.1. The Labute approximate surface area is 393 Å². The van der Waals surface area contributed by atoms with E-state index >= 15 is 0 Å². The highest BCUT2D eigenvalue weighted by Gasteiger charge is 2.37. The van der Waals surface area contributed by atoms with Gasteiger partial charge in [-0.15, -0.1) is 5.10 Å². The number of nitrogens with zero attached hydrogens (tertiary/aromatic N) is 9. The Balaban J connectivity index is 0.890. The van der Waals surface area contributed by atoms with Gasteiger partial charge in [0.2, 0.25) is 5.95 Å². The Hall–Kier alpha value is -5.88. The summed E-state index contributed by atoms with van der Waals surface area (Å²) in [6.45, 7) is 15.2. The van der Waals surface area contributed by atoms with Crippen LogP contribution in [-0.2, 0) is 22.6 Å². The highest BCUT2D eigenvalue weighted by molar-refractivity contribution is 6.21. The number of anilines is 2. The number of piperidine rings is 1. The lowest BCUT2D eigenvalue weighted by Gasteiger charge is -2.36. The number of nitrogens with one attached hydrogen (secondary N) is 2. The number of aromatic nitrogens is 5. The summed E-state index contributed by atoms with van der Waals surface area (Å²) >= 11 is 0. The molecule has 2 fully saturated rings. The monoisotopic (exact) mass is 924 g/mol. The summed E-state index contributed by atoms with van der Waals surface area (Å²) in [7, 11) is 0. The molecule has 67 heavy (non-hydrogen) atoms. The van der Waals surface area contributed by atoms with Crippen LogP contribution in [0.1, 0.15) is 126 Å². The molecule has 0 unspecified atom stereocenters. The standard InChI is InChI=1S/C49H69N11O7/c1-48(2,3)66-46(64)57(25-15-27-59(36-16-8-7-9-17-36)47(65)67-49(4,5)6)24-14-26-58-31-35(54-55-58)30-50-45-52-41-21-13-12-20-40(41)42(53-45)51-34-22-28-56(29-23-34)32-37(61)33-60-43(62)38-18-10-11-19-39(38)44(60)63/h10-13,18-21,31,34,36-37,61H,7-9,14-17,22-30,32-33H2,1-6H3,(H2,50,51,52,53)/t37-/m0/s1. The molecule has 0 spiro atoms. The summed E-state index contributed by atoms with van der Waals surface area (Å²) in [5, 5.41) is 27.5. The van der Waals surface area contributed by atoms with E-state index in [1.165, 1.54) is 6.42 Å². The Morgan fingerprint density at radius 1 is 0.806 bits per heavy atom. The number of β-amino-alcohol motifs (C(OH)–C–C–N with tert-alkyl or cyclic N) is 1. The number of aliphatic hydroxyl groups excluding tert-OH is 1. The van der Waals surface area contributed by atoms with Crippen LogP contribution in [-0.4, -0.2) is 149 Å². The Kier molecular flexibility index (Phi) is 16.0. The van der Waals surface area contributed by atoms with E-state index in [0.717, 1.165) is 73.2 Å². The van der Waals surface area contributed by atoms with Gasteiger partial charge in [0.15, 0.2) is 0 Å². The molecule has 0 radical (unpaired) electrons. The Morgan fingerprint density at radius 2 is 1.45 bits per heavy atom. The lowest BCUT2D eigenvalue weighted by atomic mass is 9.94. The lowest BCUT2D eigenvalue weighted by molar-refractivity contribution is 0.00989. The molecule has 1 aliphatic carbocycles. The predicted octanol–water partition coefficient (Wildman–Crippen LogP) is 6.95. The number of amides is 4. The number of likely N-dealkylation sites (tertiary alicyclic amines) is 1. The van der Waals surface area contributed by atoms with E-state index in [4.69, 9.17) is 19.4 Å². The third-order valence-electron chi connectivity index (χ3n) is 12.2. The van der Waals surface area contributed by atoms with Gasteiger partial charge in [-0.3, -0.25) is 19.2 Å². The number of fused-ring (bicyclic) bond motifs is 2. The normalized spacial score (nSPS) is 16.8. The summed E-state index contributed by atoms with van der Waals surface area (Å²) in [5.74, 6) is 0.450. The molecule has 2 aromatic carbocycles. The van der Waals surface area contributed by atoms with E-state index in [1.54, 1.807) is 33.8 Å². The molecule has 18 heteroatoms. The van der Waals surface area contributed by atoms with Crippen molar-refractivity contribution in [3.05, 3.63) is 71.5 Å². The minimum absolute atomic E-state index is 0.0432. The average molecular weight is 924 g/mol. The predicted molar refractivity (Wildman–Crippen MR) is 255 cm³/mol. The van der Waals surface area contributed by atoms with Crippen LogP contribution in [0.3, 0.4) is 0 Å². The number of hydrogen-bond acceptors (Lipinski definition) is 14. The zero-order valence-electron chi connectivity index (χ0n) is 40.1. The number of benzene rings is 2. The largest absolute Gasteiger partial charge is 0.444 e. The maximum absolute atomic E-state index is 13.4. The van der Waals surface area contributed by atoms with Gasteiger partial charge in [-0.05, 0) is 104 Å². The number of imide groups is 1. The first-order valence-corrected chi connectivity index (χ1v) is 24.0. The van der Waals surface area contributed by atoms with E-state index < -0.39 is 17.3 Å². The highest BCUT2D eigenvalue weighted by atomic mass is 16.6. The minimum Gasteiger partial charge on any atom is -0.444 e. The number of ether oxygens (including phenoxy) is 2. The minimum atomic E-state index is -0.862. The number of hydrogen-bond donors (Lipinski definition) is 3. The number of aryl methyl sites for hydroxylation is 1. The number of rotatable bonds is 18. The number of carbonyl (C=O) groups is 4. The lowest BCUT2D eigenvalue weighted by Crippen LogP contribution is -2.46. The SMILES string of the molecule is CC(C)(C)OC(=O)N(CCCN(C(=O)OC(C)(C)C)C1CCCCC1)CCCn1cc(CNc2nc(NC3CCN(C[C@H](O)CN4C(=O)c5ccccc5C4=O)CC3)c3ccccc3n2)nn1. The van der Waals surface area contributed by atoms with Gasteiger partial charge in [0.05, 0.1) is 42.0 Å². The smallest absolute Gasteiger partial charge is 0.410 e. The third-order valence-corrected chi connectivity index (χ3v) is 12.2. The van der Waals surface area contributed by atoms with Crippen molar-refractivity contribution in [1.29, 1.82) is 0 Å². The van der Waals surface area contributed by atoms with E-state index in [9.17, 15) is 24.3 Å². The van der Waals surface area contributed by atoms with E-state index in [-0.39, 0.29) is 42.6 Å². The topological polar surface area (TPSA) is 200 Å². The van der Waals surface area contributed by atoms with E-state index in [1.807, 2.05) is 76.9 Å². The van der Waals surface area contributed by atoms with Crippen molar-refractivity contribution < 1.29 is 33.8 Å². The molecule has 4 heterocycles. The van der Waals surface area contributed by atoms with Crippen molar-refractivity contribution in [2.24, 2.45) is 0 Å². The van der Waals surface area contributed by atoms with Gasteiger partial charge in [0.25, 0.3) is 11.8 Å². The van der Waals surface area contributed by atoms with Crippen LogP contribution in [0.2, 0.25) is 0 Å². The second-order valence-electron chi connectivity index (χ2n) is 20.0. The third kappa shape index (κ3) is 13.6. The molecular weight excluding hydrogens is 855 g/mol. The summed E-state index contributed by atoms with van der Waals surface area (Å²) in [6.07, 6.45) is 8.45. The first kappa shape index (κ1) is 49.0. The van der Waals surface area contributed by atoms with Crippen LogP contribution in [0, 0.1) is 0 Å². The van der Waals surface area contributed by atoms with Crippen LogP contribution < -0.4 is 10.6 Å². The number of aliphatic hydroxyl groups is 1. The van der Waals surface area contributed by atoms with Gasteiger partial charge < -0.3 is 39.9 Å². The van der Waals surface area contributed by atoms with Crippen LogP contribution >= 0.6 is 0 Å². The summed E-state index contributed by atoms with van der Waals surface area (Å²) in [4.78, 5) is 68.9. The molecule has 362 valence electrons. The van der Waals surface area contributed by atoms with Gasteiger partial charge in [0, 0.05) is 63.3 Å². The summed E-state index contributed by atoms with van der Waals surface area (Å²) < 4.78 is 13.4. The fourth-order valence-electron chi connectivity index (χ4n) is 9.00. The molecule has 1 atom stereocenters. The Bertz CT molecular complexity index is 2290. The van der Waals surface area contributed by atoms with Crippen LogP contribution in [0.15, 0.2) is 54.7 Å². The first-order valence-electron chi connectivity index (χ1n) is 24.0. The van der Waals surface area contributed by atoms with Crippen molar-refractivity contribution >= 4 is 46.7 Å². The molecular formula is C49H69N11O7. The second-order valence-corrected chi connectivity index (χ2v) is 20.0. The molecule has 2 aromatic heterocycles. The molecule has 18 nitrogen and oxygen atoms in total.